The average Bonchev–Trinajstić information content (AvgIpc) is 2.64. The van der Waals surface area contributed by atoms with Gasteiger partial charge in [0.05, 0.1) is 13.0 Å². The maximum absolute atomic E-state index is 12.2. The molecule has 0 saturated carbocycles. The van der Waals surface area contributed by atoms with E-state index in [9.17, 15) is 14.4 Å². The SMILES string of the molecule is CC(=O)c1cccc(NC(=O)[C@H](C)OC(=O)CCOc2cc(C)ccc2C)c1. The third-order valence-electron chi connectivity index (χ3n) is 4.12. The average molecular weight is 383 g/mol. The lowest BCUT2D eigenvalue weighted by Crippen LogP contribution is -2.30. The van der Waals surface area contributed by atoms with Crippen LogP contribution in [0.3, 0.4) is 0 Å². The third-order valence-corrected chi connectivity index (χ3v) is 4.12. The van der Waals surface area contributed by atoms with Crippen LogP contribution in [0.1, 0.15) is 41.8 Å². The van der Waals surface area contributed by atoms with Gasteiger partial charge >= 0.3 is 5.97 Å². The van der Waals surface area contributed by atoms with Gasteiger partial charge in [-0.1, -0.05) is 24.3 Å². The molecule has 0 spiro atoms. The van der Waals surface area contributed by atoms with Gasteiger partial charge < -0.3 is 14.8 Å². The molecule has 0 aliphatic carbocycles. The summed E-state index contributed by atoms with van der Waals surface area (Å²) in [7, 11) is 0. The molecule has 1 N–H and O–H groups in total. The fraction of sp³-hybridized carbons (Fsp3) is 0.318. The zero-order chi connectivity index (χ0) is 20.7. The number of amides is 1. The van der Waals surface area contributed by atoms with Gasteiger partial charge in [-0.3, -0.25) is 14.4 Å². The summed E-state index contributed by atoms with van der Waals surface area (Å²) in [5.41, 5.74) is 3.02. The number of nitrogens with one attached hydrogen (secondary N) is 1. The van der Waals surface area contributed by atoms with Gasteiger partial charge in [0.1, 0.15) is 5.75 Å². The van der Waals surface area contributed by atoms with Gasteiger partial charge in [-0.05, 0) is 57.0 Å². The molecule has 1 amide bonds. The van der Waals surface area contributed by atoms with E-state index >= 15 is 0 Å². The first-order chi connectivity index (χ1) is 13.3. The Morgan fingerprint density at radius 1 is 1.07 bits per heavy atom. The largest absolute Gasteiger partial charge is 0.493 e. The number of aryl methyl sites for hydroxylation is 2. The van der Waals surface area contributed by atoms with Crippen molar-refractivity contribution in [3.8, 4) is 5.75 Å². The van der Waals surface area contributed by atoms with Crippen LogP contribution in [-0.2, 0) is 14.3 Å². The Morgan fingerprint density at radius 3 is 2.54 bits per heavy atom. The molecule has 2 aromatic carbocycles. The van der Waals surface area contributed by atoms with Crippen molar-refractivity contribution in [1.29, 1.82) is 0 Å². The second kappa shape index (κ2) is 9.69. The summed E-state index contributed by atoms with van der Waals surface area (Å²) < 4.78 is 10.8. The van der Waals surface area contributed by atoms with E-state index in [0.717, 1.165) is 16.9 Å². The van der Waals surface area contributed by atoms with Gasteiger partial charge in [-0.2, -0.15) is 0 Å². The van der Waals surface area contributed by atoms with Crippen molar-refractivity contribution in [2.45, 2.75) is 40.2 Å². The summed E-state index contributed by atoms with van der Waals surface area (Å²) in [5.74, 6) is -0.363. The van der Waals surface area contributed by atoms with Crippen LogP contribution in [0.15, 0.2) is 42.5 Å². The second-order valence-electron chi connectivity index (χ2n) is 6.63. The van der Waals surface area contributed by atoms with E-state index in [-0.39, 0.29) is 18.8 Å². The van der Waals surface area contributed by atoms with Crippen LogP contribution in [0, 0.1) is 13.8 Å². The van der Waals surface area contributed by atoms with E-state index in [2.05, 4.69) is 5.32 Å². The molecule has 0 radical (unpaired) electrons. The first-order valence-electron chi connectivity index (χ1n) is 9.07. The molecular formula is C22H25NO5. The predicted molar refractivity (Wildman–Crippen MR) is 107 cm³/mol. The molecule has 148 valence electrons. The lowest BCUT2D eigenvalue weighted by atomic mass is 10.1. The monoisotopic (exact) mass is 383 g/mol. The van der Waals surface area contributed by atoms with Crippen LogP contribution in [0.5, 0.6) is 5.75 Å². The van der Waals surface area contributed by atoms with Crippen LogP contribution in [-0.4, -0.2) is 30.4 Å². The minimum absolute atomic E-state index is 0.0326. The standard InChI is InChI=1S/C22H25NO5/c1-14-8-9-15(2)20(12-14)27-11-10-21(25)28-17(4)22(26)23-19-7-5-6-18(13-19)16(3)24/h5-9,12-13,17H,10-11H2,1-4H3,(H,23,26)/t17-/m0/s1. The van der Waals surface area contributed by atoms with E-state index in [0.29, 0.717) is 11.3 Å². The normalized spacial score (nSPS) is 11.4. The Labute approximate surface area is 164 Å². The highest BCUT2D eigenvalue weighted by molar-refractivity contribution is 5.98. The van der Waals surface area contributed by atoms with Crippen LogP contribution in [0.4, 0.5) is 5.69 Å². The number of Topliss-reactive ketones (excluding diaryl/α,β-unsaturated/α-hetero) is 1. The quantitative estimate of drug-likeness (QED) is 0.553. The van der Waals surface area contributed by atoms with Crippen LogP contribution < -0.4 is 10.1 Å². The summed E-state index contributed by atoms with van der Waals surface area (Å²) in [4.78, 5) is 35.6. The Balaban J connectivity index is 1.81. The number of anilines is 1. The van der Waals surface area contributed by atoms with Gasteiger partial charge in [0, 0.05) is 11.3 Å². The summed E-state index contributed by atoms with van der Waals surface area (Å²) >= 11 is 0. The van der Waals surface area contributed by atoms with Gasteiger partial charge in [0.2, 0.25) is 0 Å². The number of ketones is 1. The van der Waals surface area contributed by atoms with Crippen molar-refractivity contribution in [2.24, 2.45) is 0 Å². The number of carbonyl (C=O) groups is 3. The van der Waals surface area contributed by atoms with Crippen molar-refractivity contribution in [1.82, 2.24) is 0 Å². The van der Waals surface area contributed by atoms with Gasteiger partial charge in [0.15, 0.2) is 11.9 Å². The maximum Gasteiger partial charge on any atom is 0.310 e. The number of esters is 1. The lowest BCUT2D eigenvalue weighted by Gasteiger charge is -2.14. The number of rotatable bonds is 8. The first kappa shape index (κ1) is 21.2. The fourth-order valence-corrected chi connectivity index (χ4v) is 2.48. The number of hydrogen-bond acceptors (Lipinski definition) is 5. The van der Waals surface area contributed by atoms with E-state index in [4.69, 9.17) is 9.47 Å². The van der Waals surface area contributed by atoms with Crippen molar-refractivity contribution >= 4 is 23.3 Å². The van der Waals surface area contributed by atoms with Crippen LogP contribution in [0.2, 0.25) is 0 Å². The Kier molecular flexibility index (Phi) is 7.32. The number of ether oxygens (including phenoxy) is 2. The third kappa shape index (κ3) is 6.23. The Hall–Kier alpha value is -3.15. The molecule has 1 atom stereocenters. The molecule has 0 aliphatic rings. The first-order valence-corrected chi connectivity index (χ1v) is 9.07. The van der Waals surface area contributed by atoms with E-state index in [1.54, 1.807) is 24.3 Å². The predicted octanol–water partition coefficient (Wildman–Crippen LogP) is 3.85. The molecule has 6 heteroatoms. The van der Waals surface area contributed by atoms with Crippen molar-refractivity contribution in [3.63, 3.8) is 0 Å². The molecule has 0 aromatic heterocycles. The zero-order valence-electron chi connectivity index (χ0n) is 16.6. The van der Waals surface area contributed by atoms with E-state index in [1.165, 1.54) is 13.8 Å². The minimum Gasteiger partial charge on any atom is -0.493 e. The smallest absolute Gasteiger partial charge is 0.310 e. The number of carbonyl (C=O) groups excluding carboxylic acids is 3. The molecule has 0 saturated heterocycles. The van der Waals surface area contributed by atoms with Crippen molar-refractivity contribution in [2.75, 3.05) is 11.9 Å². The molecular weight excluding hydrogens is 358 g/mol. The fourth-order valence-electron chi connectivity index (χ4n) is 2.48. The number of hydrogen-bond donors (Lipinski definition) is 1. The highest BCUT2D eigenvalue weighted by Gasteiger charge is 2.18. The molecule has 2 rings (SSSR count). The highest BCUT2D eigenvalue weighted by atomic mass is 16.5. The molecule has 2 aromatic rings. The second-order valence-corrected chi connectivity index (χ2v) is 6.63. The van der Waals surface area contributed by atoms with Gasteiger partial charge in [-0.15, -0.1) is 0 Å². The van der Waals surface area contributed by atoms with Gasteiger partial charge in [-0.25, -0.2) is 0 Å². The lowest BCUT2D eigenvalue weighted by molar-refractivity contribution is -0.153. The molecule has 0 unspecified atom stereocenters. The Morgan fingerprint density at radius 2 is 1.82 bits per heavy atom. The molecule has 0 fully saturated rings. The summed E-state index contributed by atoms with van der Waals surface area (Å²) in [6.45, 7) is 7.00. The zero-order valence-corrected chi connectivity index (χ0v) is 16.6. The molecule has 0 heterocycles. The van der Waals surface area contributed by atoms with Crippen LogP contribution >= 0.6 is 0 Å². The maximum atomic E-state index is 12.2. The number of benzene rings is 2. The van der Waals surface area contributed by atoms with Crippen molar-refractivity contribution < 1.29 is 23.9 Å². The molecule has 28 heavy (non-hydrogen) atoms. The van der Waals surface area contributed by atoms with Crippen molar-refractivity contribution in [3.05, 3.63) is 59.2 Å². The minimum atomic E-state index is -0.964. The highest BCUT2D eigenvalue weighted by Crippen LogP contribution is 2.19. The topological polar surface area (TPSA) is 81.7 Å². The summed E-state index contributed by atoms with van der Waals surface area (Å²) in [6.07, 6.45) is -0.931. The van der Waals surface area contributed by atoms with E-state index < -0.39 is 18.0 Å². The summed E-state index contributed by atoms with van der Waals surface area (Å²) in [6, 6.07) is 12.4. The summed E-state index contributed by atoms with van der Waals surface area (Å²) in [5, 5.41) is 2.64. The van der Waals surface area contributed by atoms with Crippen LogP contribution in [0.25, 0.3) is 0 Å². The Bertz CT molecular complexity index is 875. The molecule has 0 aliphatic heterocycles. The van der Waals surface area contributed by atoms with Gasteiger partial charge in [0.25, 0.3) is 5.91 Å². The van der Waals surface area contributed by atoms with E-state index in [1.807, 2.05) is 32.0 Å². The molecule has 0 bridgehead atoms. The molecule has 6 nitrogen and oxygen atoms in total.